The average Bonchev–Trinajstić information content (AvgIpc) is 3.29. The molecule has 2 aromatic rings. The Bertz CT molecular complexity index is 636. The van der Waals surface area contributed by atoms with E-state index in [2.05, 4.69) is 26.9 Å². The van der Waals surface area contributed by atoms with Crippen LogP contribution < -0.4 is 4.90 Å². The van der Waals surface area contributed by atoms with Gasteiger partial charge in [0.1, 0.15) is 11.5 Å². The summed E-state index contributed by atoms with van der Waals surface area (Å²) in [6.07, 6.45) is 9.13. The number of hydrogen-bond donors (Lipinski definition) is 0. The first-order chi connectivity index (χ1) is 11.3. The lowest BCUT2D eigenvalue weighted by Crippen LogP contribution is -2.31. The number of likely N-dealkylation sites (tertiary alicyclic amines) is 1. The first-order valence-corrected chi connectivity index (χ1v) is 8.11. The second-order valence-electron chi connectivity index (χ2n) is 5.61. The molecule has 23 heavy (non-hydrogen) atoms. The zero-order chi connectivity index (χ0) is 16.1. The molecule has 7 heteroatoms. The second-order valence-corrected chi connectivity index (χ2v) is 5.61. The van der Waals surface area contributed by atoms with Crippen LogP contribution in [0.3, 0.4) is 0 Å². The van der Waals surface area contributed by atoms with Crippen molar-refractivity contribution in [2.24, 2.45) is 0 Å². The highest BCUT2D eigenvalue weighted by Crippen LogP contribution is 2.14. The van der Waals surface area contributed by atoms with Crippen molar-refractivity contribution in [3.05, 3.63) is 36.5 Å². The molecule has 0 bridgehead atoms. The average molecular weight is 314 g/mol. The number of rotatable bonds is 6. The first-order valence-electron chi connectivity index (χ1n) is 8.11. The minimum atomic E-state index is -0.0139. The third-order valence-corrected chi connectivity index (χ3v) is 4.10. The van der Waals surface area contributed by atoms with Gasteiger partial charge in [0.25, 0.3) is 5.91 Å². The summed E-state index contributed by atoms with van der Waals surface area (Å²) in [6.45, 7) is 6.06. The van der Waals surface area contributed by atoms with Crippen molar-refractivity contribution in [2.45, 2.75) is 26.3 Å². The fraction of sp³-hybridized carbons (Fsp3) is 0.500. The summed E-state index contributed by atoms with van der Waals surface area (Å²) in [5.74, 6) is 0.727. The van der Waals surface area contributed by atoms with Crippen molar-refractivity contribution in [1.82, 2.24) is 24.6 Å². The number of aromatic nitrogens is 4. The quantitative estimate of drug-likeness (QED) is 0.807. The van der Waals surface area contributed by atoms with Crippen molar-refractivity contribution >= 4 is 11.7 Å². The fourth-order valence-corrected chi connectivity index (χ4v) is 2.78. The van der Waals surface area contributed by atoms with Gasteiger partial charge in [0.2, 0.25) is 0 Å². The molecule has 0 N–H and O–H groups in total. The molecule has 1 amide bonds. The van der Waals surface area contributed by atoms with Gasteiger partial charge in [-0.25, -0.2) is 4.98 Å². The monoisotopic (exact) mass is 314 g/mol. The molecular formula is C16H22N6O. The van der Waals surface area contributed by atoms with Crippen molar-refractivity contribution < 1.29 is 4.79 Å². The summed E-state index contributed by atoms with van der Waals surface area (Å²) < 4.78 is 1.88. The van der Waals surface area contributed by atoms with Crippen LogP contribution in [0.1, 0.15) is 30.3 Å². The van der Waals surface area contributed by atoms with E-state index in [0.717, 1.165) is 51.4 Å². The lowest BCUT2D eigenvalue weighted by Gasteiger charge is -2.22. The van der Waals surface area contributed by atoms with Crippen LogP contribution in [-0.2, 0) is 6.54 Å². The molecule has 0 saturated carbocycles. The normalized spacial score (nSPS) is 14.2. The second kappa shape index (κ2) is 7.21. The lowest BCUT2D eigenvalue weighted by atomic mass is 10.3. The Balaban J connectivity index is 1.70. The Morgan fingerprint density at radius 3 is 2.83 bits per heavy atom. The highest BCUT2D eigenvalue weighted by molar-refractivity contribution is 5.92. The topological polar surface area (TPSA) is 67.2 Å². The molecule has 1 aliphatic rings. The fourth-order valence-electron chi connectivity index (χ4n) is 2.78. The molecule has 1 aliphatic heterocycles. The largest absolute Gasteiger partial charge is 0.354 e. The third kappa shape index (κ3) is 3.67. The van der Waals surface area contributed by atoms with Gasteiger partial charge in [0.15, 0.2) is 0 Å². The van der Waals surface area contributed by atoms with E-state index in [1.807, 2.05) is 21.8 Å². The maximum atomic E-state index is 12.4. The summed E-state index contributed by atoms with van der Waals surface area (Å²) in [6, 6.07) is 1.91. The molecule has 0 aromatic carbocycles. The molecule has 3 rings (SSSR count). The Hall–Kier alpha value is -2.44. The minimum Gasteiger partial charge on any atom is -0.354 e. The summed E-state index contributed by atoms with van der Waals surface area (Å²) in [5, 5.41) is 4.21. The van der Waals surface area contributed by atoms with Gasteiger partial charge in [-0.2, -0.15) is 5.10 Å². The molecule has 0 aliphatic carbocycles. The molecule has 122 valence electrons. The molecule has 0 atom stereocenters. The minimum absolute atomic E-state index is 0.0139. The Labute approximate surface area is 135 Å². The van der Waals surface area contributed by atoms with Gasteiger partial charge in [-0.05, 0) is 25.8 Å². The van der Waals surface area contributed by atoms with E-state index < -0.39 is 0 Å². The van der Waals surface area contributed by atoms with Crippen LogP contribution in [0, 0.1) is 0 Å². The van der Waals surface area contributed by atoms with E-state index in [1.165, 1.54) is 0 Å². The standard InChI is InChI=1S/C16H22N6O/c1-2-20(10-11-22-9-5-6-18-22)15-13-17-12-14(19-15)16(23)21-7-3-4-8-21/h5-6,9,12-13H,2-4,7-8,10-11H2,1H3. The third-order valence-electron chi connectivity index (χ3n) is 4.10. The summed E-state index contributed by atoms with van der Waals surface area (Å²) >= 11 is 0. The van der Waals surface area contributed by atoms with Crippen LogP contribution in [0.15, 0.2) is 30.9 Å². The van der Waals surface area contributed by atoms with Crippen molar-refractivity contribution in [3.8, 4) is 0 Å². The molecular weight excluding hydrogens is 292 g/mol. The van der Waals surface area contributed by atoms with E-state index in [1.54, 1.807) is 18.6 Å². The summed E-state index contributed by atoms with van der Waals surface area (Å²) in [7, 11) is 0. The molecule has 7 nitrogen and oxygen atoms in total. The van der Waals surface area contributed by atoms with E-state index >= 15 is 0 Å². The van der Waals surface area contributed by atoms with Gasteiger partial charge < -0.3 is 9.80 Å². The van der Waals surface area contributed by atoms with Gasteiger partial charge in [0, 0.05) is 38.6 Å². The number of hydrogen-bond acceptors (Lipinski definition) is 5. The molecule has 0 radical (unpaired) electrons. The first kappa shape index (κ1) is 15.5. The van der Waals surface area contributed by atoms with Gasteiger partial charge in [-0.1, -0.05) is 0 Å². The zero-order valence-electron chi connectivity index (χ0n) is 13.4. The number of likely N-dealkylation sites (N-methyl/N-ethyl adjacent to an activating group) is 1. The highest BCUT2D eigenvalue weighted by atomic mass is 16.2. The van der Waals surface area contributed by atoms with Gasteiger partial charge in [-0.15, -0.1) is 0 Å². The van der Waals surface area contributed by atoms with Crippen LogP contribution in [0.2, 0.25) is 0 Å². The van der Waals surface area contributed by atoms with Crippen LogP contribution >= 0.6 is 0 Å². The van der Waals surface area contributed by atoms with Crippen molar-refractivity contribution in [2.75, 3.05) is 31.1 Å². The Morgan fingerprint density at radius 2 is 2.13 bits per heavy atom. The molecule has 0 spiro atoms. The van der Waals surface area contributed by atoms with E-state index in [-0.39, 0.29) is 5.91 Å². The summed E-state index contributed by atoms with van der Waals surface area (Å²) in [4.78, 5) is 25.2. The smallest absolute Gasteiger partial charge is 0.274 e. The van der Waals surface area contributed by atoms with Crippen molar-refractivity contribution in [3.63, 3.8) is 0 Å². The maximum Gasteiger partial charge on any atom is 0.274 e. The number of anilines is 1. The van der Waals surface area contributed by atoms with E-state index in [4.69, 9.17) is 0 Å². The van der Waals surface area contributed by atoms with Crippen LogP contribution in [0.4, 0.5) is 5.82 Å². The number of carbonyl (C=O) groups excluding carboxylic acids is 1. The van der Waals surface area contributed by atoms with Gasteiger partial charge in [-0.3, -0.25) is 14.5 Å². The van der Waals surface area contributed by atoms with Crippen LogP contribution in [0.25, 0.3) is 0 Å². The van der Waals surface area contributed by atoms with E-state index in [9.17, 15) is 4.79 Å². The molecule has 2 aromatic heterocycles. The van der Waals surface area contributed by atoms with Crippen molar-refractivity contribution in [1.29, 1.82) is 0 Å². The Morgan fingerprint density at radius 1 is 1.30 bits per heavy atom. The molecule has 1 saturated heterocycles. The zero-order valence-corrected chi connectivity index (χ0v) is 13.4. The highest BCUT2D eigenvalue weighted by Gasteiger charge is 2.21. The number of carbonyl (C=O) groups is 1. The van der Waals surface area contributed by atoms with Gasteiger partial charge >= 0.3 is 0 Å². The summed E-state index contributed by atoms with van der Waals surface area (Å²) in [5.41, 5.74) is 0.432. The predicted octanol–water partition coefficient (Wildman–Crippen LogP) is 1.44. The maximum absolute atomic E-state index is 12.4. The lowest BCUT2D eigenvalue weighted by molar-refractivity contribution is 0.0786. The van der Waals surface area contributed by atoms with Crippen LogP contribution in [0.5, 0.6) is 0 Å². The van der Waals surface area contributed by atoms with Crippen LogP contribution in [-0.4, -0.2) is 56.7 Å². The molecule has 1 fully saturated rings. The number of amides is 1. The van der Waals surface area contributed by atoms with Gasteiger partial charge in [0.05, 0.1) is 18.9 Å². The SMILES string of the molecule is CCN(CCn1cccn1)c1cncc(C(=O)N2CCCC2)n1. The molecule has 3 heterocycles. The Kier molecular flexibility index (Phi) is 4.85. The van der Waals surface area contributed by atoms with E-state index in [0.29, 0.717) is 5.69 Å². The molecule has 0 unspecified atom stereocenters. The number of nitrogens with zero attached hydrogens (tertiary/aromatic N) is 6. The predicted molar refractivity (Wildman–Crippen MR) is 87.3 cm³/mol.